The molecule has 23 heavy (non-hydrogen) atoms. The number of nitrogens with zero attached hydrogens (tertiary/aromatic N) is 2. The summed E-state index contributed by atoms with van der Waals surface area (Å²) in [5.74, 6) is 0. The van der Waals surface area contributed by atoms with Gasteiger partial charge in [-0.2, -0.15) is 0 Å². The van der Waals surface area contributed by atoms with Gasteiger partial charge in [0.1, 0.15) is 0 Å². The minimum atomic E-state index is 0.942. The van der Waals surface area contributed by atoms with Crippen LogP contribution in [0.3, 0.4) is 0 Å². The van der Waals surface area contributed by atoms with Crippen LogP contribution >= 0.6 is 0 Å². The van der Waals surface area contributed by atoms with Crippen LogP contribution in [0.5, 0.6) is 0 Å². The fourth-order valence-electron chi connectivity index (χ4n) is 2.23. The average molecular weight is 306 g/mol. The highest BCUT2D eigenvalue weighted by Gasteiger charge is 1.97. The van der Waals surface area contributed by atoms with Gasteiger partial charge in [0.05, 0.1) is 11.4 Å². The van der Waals surface area contributed by atoms with Gasteiger partial charge >= 0.3 is 0 Å². The van der Waals surface area contributed by atoms with Crippen molar-refractivity contribution in [3.8, 4) is 0 Å². The van der Waals surface area contributed by atoms with E-state index in [4.69, 9.17) is 0 Å². The number of hydrogen-bond donors (Lipinski definition) is 0. The van der Waals surface area contributed by atoms with E-state index in [1.807, 2.05) is 12.4 Å². The minimum absolute atomic E-state index is 0.942. The Labute approximate surface area is 140 Å². The summed E-state index contributed by atoms with van der Waals surface area (Å²) >= 11 is 0. The normalized spacial score (nSPS) is 11.6. The Balaban J connectivity index is 1.93. The van der Waals surface area contributed by atoms with Crippen LogP contribution in [0.1, 0.15) is 50.7 Å². The lowest BCUT2D eigenvalue weighted by Crippen LogP contribution is -1.87. The number of aliphatic imine (C=N–C) groups is 2. The van der Waals surface area contributed by atoms with Crippen LogP contribution in [-0.4, -0.2) is 12.4 Å². The summed E-state index contributed by atoms with van der Waals surface area (Å²) in [6, 6.07) is 17.0. The van der Waals surface area contributed by atoms with E-state index >= 15 is 0 Å². The molecule has 0 radical (unpaired) electrons. The topological polar surface area (TPSA) is 24.7 Å². The maximum atomic E-state index is 4.45. The van der Waals surface area contributed by atoms with Crippen LogP contribution < -0.4 is 0 Å². The Kier molecular flexibility index (Phi) is 7.25. The number of unbranched alkanes of at least 4 members (excludes halogenated alkanes) is 2. The van der Waals surface area contributed by atoms with Gasteiger partial charge in [-0.25, -0.2) is 0 Å². The molecule has 0 amide bonds. The van der Waals surface area contributed by atoms with Gasteiger partial charge in [0.2, 0.25) is 0 Å². The molecule has 120 valence electrons. The largest absolute Gasteiger partial charge is 0.261 e. The molecule has 0 N–H and O–H groups in total. The lowest BCUT2D eigenvalue weighted by Gasteiger charge is -2.03. The molecular weight excluding hydrogens is 280 g/mol. The van der Waals surface area contributed by atoms with E-state index < -0.39 is 0 Å². The van der Waals surface area contributed by atoms with E-state index in [0.29, 0.717) is 0 Å². The molecule has 0 saturated carbocycles. The maximum Gasteiger partial charge on any atom is 0.0625 e. The van der Waals surface area contributed by atoms with Crippen LogP contribution in [0.25, 0.3) is 0 Å². The lowest BCUT2D eigenvalue weighted by molar-refractivity contribution is 1.01. The Bertz CT molecular complexity index is 564. The van der Waals surface area contributed by atoms with Gasteiger partial charge in [-0.15, -0.1) is 0 Å². The zero-order chi connectivity index (χ0) is 16.3. The van der Waals surface area contributed by atoms with Gasteiger partial charge in [0.25, 0.3) is 0 Å². The van der Waals surface area contributed by atoms with Crippen LogP contribution in [0.15, 0.2) is 58.5 Å². The number of benzene rings is 2. The molecule has 0 spiro atoms. The minimum Gasteiger partial charge on any atom is -0.261 e. The quantitative estimate of drug-likeness (QED) is 0.513. The van der Waals surface area contributed by atoms with Gasteiger partial charge in [0.15, 0.2) is 0 Å². The second-order valence-corrected chi connectivity index (χ2v) is 5.71. The molecule has 0 atom stereocenters. The summed E-state index contributed by atoms with van der Waals surface area (Å²) in [4.78, 5) is 8.90. The highest BCUT2D eigenvalue weighted by Crippen LogP contribution is 2.18. The van der Waals surface area contributed by atoms with E-state index in [2.05, 4.69) is 72.4 Å². The van der Waals surface area contributed by atoms with E-state index in [0.717, 1.165) is 43.5 Å². The molecule has 2 rings (SSSR count). The Morgan fingerprint density at radius 3 is 1.39 bits per heavy atom. The molecule has 0 unspecified atom stereocenters. The van der Waals surface area contributed by atoms with Gasteiger partial charge < -0.3 is 0 Å². The van der Waals surface area contributed by atoms with Crippen molar-refractivity contribution < 1.29 is 0 Å². The van der Waals surface area contributed by atoms with Gasteiger partial charge in [0, 0.05) is 12.4 Å². The molecule has 2 heteroatoms. The third kappa shape index (κ3) is 6.19. The summed E-state index contributed by atoms with van der Waals surface area (Å²) in [6.07, 6.45) is 9.28. The predicted molar refractivity (Wildman–Crippen MR) is 102 cm³/mol. The van der Waals surface area contributed by atoms with Crippen molar-refractivity contribution in [1.82, 2.24) is 0 Å². The summed E-state index contributed by atoms with van der Waals surface area (Å²) in [5, 5.41) is 0. The van der Waals surface area contributed by atoms with Crippen molar-refractivity contribution in [2.75, 3.05) is 0 Å². The van der Waals surface area contributed by atoms with Crippen molar-refractivity contribution in [2.45, 2.75) is 46.0 Å². The highest BCUT2D eigenvalue weighted by molar-refractivity contribution is 5.63. The summed E-state index contributed by atoms with van der Waals surface area (Å²) in [6.45, 7) is 4.32. The van der Waals surface area contributed by atoms with Crippen molar-refractivity contribution >= 4 is 23.8 Å². The Morgan fingerprint density at radius 2 is 1.04 bits per heavy atom. The summed E-state index contributed by atoms with van der Waals surface area (Å²) < 4.78 is 0. The van der Waals surface area contributed by atoms with E-state index in [1.165, 1.54) is 11.1 Å². The SMILES string of the molecule is CCCC=Nc1ccc(Cc2ccc(N=CCCC)cc2)cc1. The third-order valence-corrected chi connectivity index (χ3v) is 3.60. The first-order valence-corrected chi connectivity index (χ1v) is 8.54. The van der Waals surface area contributed by atoms with E-state index in [9.17, 15) is 0 Å². The highest BCUT2D eigenvalue weighted by atomic mass is 14.7. The molecule has 0 aliphatic rings. The first kappa shape index (κ1) is 17.1. The Hall–Kier alpha value is -2.22. The Morgan fingerprint density at radius 1 is 0.652 bits per heavy atom. The lowest BCUT2D eigenvalue weighted by atomic mass is 10.0. The monoisotopic (exact) mass is 306 g/mol. The molecule has 2 nitrogen and oxygen atoms in total. The summed E-state index contributed by atoms with van der Waals surface area (Å²) in [5.41, 5.74) is 4.67. The fraction of sp³-hybridized carbons (Fsp3) is 0.333. The predicted octanol–water partition coefficient (Wildman–Crippen LogP) is 6.28. The van der Waals surface area contributed by atoms with Crippen molar-refractivity contribution in [2.24, 2.45) is 9.98 Å². The fourth-order valence-corrected chi connectivity index (χ4v) is 2.23. The summed E-state index contributed by atoms with van der Waals surface area (Å²) in [7, 11) is 0. The second kappa shape index (κ2) is 9.73. The van der Waals surface area contributed by atoms with Crippen molar-refractivity contribution in [3.63, 3.8) is 0 Å². The van der Waals surface area contributed by atoms with Gasteiger partial charge in [-0.05, 0) is 54.7 Å². The smallest absolute Gasteiger partial charge is 0.0625 e. The third-order valence-electron chi connectivity index (χ3n) is 3.60. The van der Waals surface area contributed by atoms with Crippen molar-refractivity contribution in [3.05, 3.63) is 59.7 Å². The number of hydrogen-bond acceptors (Lipinski definition) is 2. The first-order chi connectivity index (χ1) is 11.3. The molecule has 0 bridgehead atoms. The number of rotatable bonds is 8. The molecule has 0 heterocycles. The average Bonchev–Trinajstić information content (AvgIpc) is 2.58. The van der Waals surface area contributed by atoms with Gasteiger partial charge in [-0.1, -0.05) is 51.0 Å². The van der Waals surface area contributed by atoms with Crippen LogP contribution in [0.2, 0.25) is 0 Å². The van der Waals surface area contributed by atoms with Crippen molar-refractivity contribution in [1.29, 1.82) is 0 Å². The van der Waals surface area contributed by atoms with Crippen LogP contribution in [0, 0.1) is 0 Å². The molecule has 0 aliphatic heterocycles. The molecule has 0 saturated heterocycles. The zero-order valence-corrected chi connectivity index (χ0v) is 14.2. The van der Waals surface area contributed by atoms with E-state index in [-0.39, 0.29) is 0 Å². The maximum absolute atomic E-state index is 4.45. The second-order valence-electron chi connectivity index (χ2n) is 5.71. The molecule has 2 aromatic rings. The zero-order valence-electron chi connectivity index (χ0n) is 14.2. The van der Waals surface area contributed by atoms with Gasteiger partial charge in [-0.3, -0.25) is 9.98 Å². The standard InChI is InChI=1S/C21H26N2/c1-3-5-15-22-20-11-7-18(8-12-20)17-19-9-13-21(14-10-19)23-16-6-4-2/h7-16H,3-6,17H2,1-2H3. The van der Waals surface area contributed by atoms with Crippen LogP contribution in [0.4, 0.5) is 11.4 Å². The molecule has 2 aromatic carbocycles. The molecule has 0 aromatic heterocycles. The molecule has 0 aliphatic carbocycles. The first-order valence-electron chi connectivity index (χ1n) is 8.54. The van der Waals surface area contributed by atoms with E-state index in [1.54, 1.807) is 0 Å². The van der Waals surface area contributed by atoms with Crippen LogP contribution in [-0.2, 0) is 6.42 Å². The molecular formula is C21H26N2. The molecule has 0 fully saturated rings.